The second kappa shape index (κ2) is 8.20. The van der Waals surface area contributed by atoms with Crippen molar-refractivity contribution in [3.63, 3.8) is 0 Å². The van der Waals surface area contributed by atoms with E-state index in [4.69, 9.17) is 10.00 Å². The smallest absolute Gasteiger partial charge is 0.347 e. The van der Waals surface area contributed by atoms with E-state index in [1.54, 1.807) is 24.3 Å². The van der Waals surface area contributed by atoms with Crippen LogP contribution in [0.3, 0.4) is 0 Å². The monoisotopic (exact) mass is 383 g/mol. The molecule has 1 aromatic carbocycles. The van der Waals surface area contributed by atoms with Gasteiger partial charge in [-0.1, -0.05) is 12.1 Å². The number of esters is 1. The molecule has 0 radical (unpaired) electrons. The summed E-state index contributed by atoms with van der Waals surface area (Å²) in [5.74, 6) is -1.01. The summed E-state index contributed by atoms with van der Waals surface area (Å²) in [5, 5.41) is 17.3. The van der Waals surface area contributed by atoms with Crippen molar-refractivity contribution < 1.29 is 14.3 Å². The summed E-state index contributed by atoms with van der Waals surface area (Å²) >= 11 is 1.29. The van der Waals surface area contributed by atoms with E-state index in [1.165, 1.54) is 34.5 Å². The summed E-state index contributed by atoms with van der Waals surface area (Å²) in [4.78, 5) is 36.4. The Kier molecular flexibility index (Phi) is 5.53. The van der Waals surface area contributed by atoms with Gasteiger partial charge in [-0.3, -0.25) is 4.79 Å². The molecule has 0 saturated carbocycles. The van der Waals surface area contributed by atoms with Gasteiger partial charge in [0.05, 0.1) is 23.1 Å². The van der Waals surface area contributed by atoms with Gasteiger partial charge in [-0.2, -0.15) is 10.4 Å². The van der Waals surface area contributed by atoms with Crippen molar-refractivity contribution in [3.8, 4) is 6.07 Å². The van der Waals surface area contributed by atoms with Crippen LogP contribution in [0, 0.1) is 11.3 Å². The fourth-order valence-electron chi connectivity index (χ4n) is 2.23. The van der Waals surface area contributed by atoms with Crippen LogP contribution in [0.1, 0.15) is 10.4 Å². The van der Waals surface area contributed by atoms with E-state index in [1.807, 2.05) is 6.07 Å². The minimum atomic E-state index is -0.743. The number of fused-ring (bicyclic) bond motifs is 1. The Hall–Kier alpha value is -3.58. The molecule has 0 unspecified atom stereocenters. The van der Waals surface area contributed by atoms with Gasteiger partial charge >= 0.3 is 11.7 Å². The number of thioether (sulfide) groups is 1. The fourth-order valence-corrected chi connectivity index (χ4v) is 2.90. The average Bonchev–Trinajstić information content (AvgIpc) is 3.06. The van der Waals surface area contributed by atoms with Crippen LogP contribution in [-0.4, -0.2) is 38.8 Å². The number of carbonyl (C=O) groups is 2. The Morgan fingerprint density at radius 1 is 1.30 bits per heavy atom. The first-order chi connectivity index (χ1) is 13.1. The summed E-state index contributed by atoms with van der Waals surface area (Å²) in [5.41, 5.74) is 0.526. The number of ether oxygens (including phenoxy) is 1. The van der Waals surface area contributed by atoms with Gasteiger partial charge in [-0.15, -0.1) is 11.8 Å². The first kappa shape index (κ1) is 18.2. The van der Waals surface area contributed by atoms with Crippen LogP contribution < -0.4 is 11.0 Å². The van der Waals surface area contributed by atoms with Crippen molar-refractivity contribution in [2.45, 2.75) is 4.90 Å². The van der Waals surface area contributed by atoms with Crippen LogP contribution in [0.2, 0.25) is 0 Å². The molecular weight excluding hydrogens is 370 g/mol. The number of nitrogens with zero attached hydrogens (tertiary/aromatic N) is 3. The molecule has 136 valence electrons. The van der Waals surface area contributed by atoms with Crippen molar-refractivity contribution in [1.29, 1.82) is 5.26 Å². The van der Waals surface area contributed by atoms with Gasteiger partial charge in [0.25, 0.3) is 5.91 Å². The van der Waals surface area contributed by atoms with Crippen LogP contribution in [0.25, 0.3) is 5.65 Å². The Bertz CT molecular complexity index is 1100. The number of hydrogen-bond acceptors (Lipinski definition) is 7. The first-order valence-electron chi connectivity index (χ1n) is 7.71. The van der Waals surface area contributed by atoms with Crippen LogP contribution in [0.15, 0.2) is 52.3 Å². The highest BCUT2D eigenvalue weighted by molar-refractivity contribution is 7.99. The molecule has 0 saturated heterocycles. The maximum absolute atomic E-state index is 12.1. The number of H-pyrrole nitrogens is 1. The van der Waals surface area contributed by atoms with Crippen molar-refractivity contribution in [2.24, 2.45) is 0 Å². The quantitative estimate of drug-likeness (QED) is 0.486. The summed E-state index contributed by atoms with van der Waals surface area (Å²) in [6.07, 6.45) is 1.29. The number of rotatable bonds is 6. The lowest BCUT2D eigenvalue weighted by molar-refractivity contribution is -0.119. The molecule has 2 aromatic heterocycles. The van der Waals surface area contributed by atoms with Crippen molar-refractivity contribution in [1.82, 2.24) is 14.6 Å². The number of para-hydroxylation sites is 1. The Morgan fingerprint density at radius 2 is 2.11 bits per heavy atom. The van der Waals surface area contributed by atoms with E-state index in [2.05, 4.69) is 15.5 Å². The van der Waals surface area contributed by atoms with Crippen molar-refractivity contribution in [2.75, 3.05) is 17.7 Å². The lowest BCUT2D eigenvalue weighted by Gasteiger charge is -2.10. The lowest BCUT2D eigenvalue weighted by atomic mass is 10.3. The second-order valence-electron chi connectivity index (χ2n) is 5.24. The van der Waals surface area contributed by atoms with Gasteiger partial charge in [0.2, 0.25) is 0 Å². The van der Waals surface area contributed by atoms with Gasteiger partial charge in [0.15, 0.2) is 12.3 Å². The highest BCUT2D eigenvalue weighted by Gasteiger charge is 2.13. The molecule has 3 rings (SSSR count). The normalized spacial score (nSPS) is 10.3. The van der Waals surface area contributed by atoms with E-state index in [0.717, 1.165) is 4.90 Å². The third-order valence-corrected chi connectivity index (χ3v) is 4.38. The molecule has 10 heteroatoms. The minimum absolute atomic E-state index is 0.115. The molecule has 1 amide bonds. The Labute approximate surface area is 157 Å². The SMILES string of the molecule is N#CCSc1ccccc1NC(=O)COC(=O)c1ccc2n[nH]c(=O)n2c1. The third-order valence-electron chi connectivity index (χ3n) is 3.44. The summed E-state index contributed by atoms with van der Waals surface area (Å²) in [6, 6.07) is 12.0. The van der Waals surface area contributed by atoms with Crippen LogP contribution in [-0.2, 0) is 9.53 Å². The summed E-state index contributed by atoms with van der Waals surface area (Å²) in [7, 11) is 0. The Morgan fingerprint density at radius 3 is 2.93 bits per heavy atom. The molecule has 0 bridgehead atoms. The van der Waals surface area contributed by atoms with E-state index >= 15 is 0 Å². The molecule has 0 aliphatic rings. The zero-order valence-electron chi connectivity index (χ0n) is 13.8. The number of carbonyl (C=O) groups excluding carboxylic acids is 2. The lowest BCUT2D eigenvalue weighted by Crippen LogP contribution is -2.21. The van der Waals surface area contributed by atoms with Crippen LogP contribution in [0.4, 0.5) is 5.69 Å². The van der Waals surface area contributed by atoms with Gasteiger partial charge in [0.1, 0.15) is 0 Å². The van der Waals surface area contributed by atoms with E-state index in [0.29, 0.717) is 11.3 Å². The molecule has 0 fully saturated rings. The highest BCUT2D eigenvalue weighted by atomic mass is 32.2. The van der Waals surface area contributed by atoms with Gasteiger partial charge < -0.3 is 10.1 Å². The number of amides is 1. The largest absolute Gasteiger partial charge is 0.452 e. The number of anilines is 1. The van der Waals surface area contributed by atoms with E-state index in [-0.39, 0.29) is 11.3 Å². The Balaban J connectivity index is 1.62. The van der Waals surface area contributed by atoms with Gasteiger partial charge in [0, 0.05) is 11.1 Å². The van der Waals surface area contributed by atoms with Crippen molar-refractivity contribution >= 4 is 35.0 Å². The number of aromatic nitrogens is 3. The molecule has 27 heavy (non-hydrogen) atoms. The third kappa shape index (κ3) is 4.34. The van der Waals surface area contributed by atoms with Crippen molar-refractivity contribution in [3.05, 3.63) is 58.6 Å². The first-order valence-corrected chi connectivity index (χ1v) is 8.69. The molecule has 0 aliphatic heterocycles. The minimum Gasteiger partial charge on any atom is -0.452 e. The second-order valence-corrected chi connectivity index (χ2v) is 6.26. The summed E-state index contributed by atoms with van der Waals surface area (Å²) < 4.78 is 6.16. The fraction of sp³-hybridized carbons (Fsp3) is 0.118. The zero-order valence-corrected chi connectivity index (χ0v) is 14.7. The number of hydrogen-bond donors (Lipinski definition) is 2. The maximum Gasteiger partial charge on any atom is 0.347 e. The number of aromatic amines is 1. The standard InChI is InChI=1S/C17H13N5O4S/c18-7-8-27-13-4-2-1-3-12(13)19-15(23)10-26-16(24)11-5-6-14-20-21-17(25)22(14)9-11/h1-6,9H,8,10H2,(H,19,23)(H,21,25). The zero-order chi connectivity index (χ0) is 19.2. The molecule has 0 aliphatic carbocycles. The molecule has 3 aromatic rings. The van der Waals surface area contributed by atoms with Gasteiger partial charge in [-0.05, 0) is 24.3 Å². The summed E-state index contributed by atoms with van der Waals surface area (Å²) in [6.45, 7) is -0.492. The number of nitrogens with one attached hydrogen (secondary N) is 2. The van der Waals surface area contributed by atoms with Gasteiger partial charge in [-0.25, -0.2) is 19.1 Å². The molecule has 9 nitrogen and oxygen atoms in total. The maximum atomic E-state index is 12.1. The predicted molar refractivity (Wildman–Crippen MR) is 97.5 cm³/mol. The molecule has 0 atom stereocenters. The topological polar surface area (TPSA) is 129 Å². The molecule has 2 heterocycles. The van der Waals surface area contributed by atoms with Crippen LogP contribution in [0.5, 0.6) is 0 Å². The van der Waals surface area contributed by atoms with Crippen LogP contribution >= 0.6 is 11.8 Å². The number of nitriles is 1. The number of benzene rings is 1. The predicted octanol–water partition coefficient (Wildman–Crippen LogP) is 1.43. The molecule has 0 spiro atoms. The average molecular weight is 383 g/mol. The number of pyridine rings is 1. The molecular formula is C17H13N5O4S. The molecule has 2 N–H and O–H groups in total. The van der Waals surface area contributed by atoms with E-state index < -0.39 is 24.2 Å². The van der Waals surface area contributed by atoms with E-state index in [9.17, 15) is 14.4 Å². The highest BCUT2D eigenvalue weighted by Crippen LogP contribution is 2.26.